The van der Waals surface area contributed by atoms with Gasteiger partial charge in [-0.3, -0.25) is 4.79 Å². The van der Waals surface area contributed by atoms with E-state index in [4.69, 9.17) is 4.74 Å². The van der Waals surface area contributed by atoms with E-state index in [9.17, 15) is 4.79 Å². The van der Waals surface area contributed by atoms with E-state index in [2.05, 4.69) is 19.2 Å². The third-order valence-corrected chi connectivity index (χ3v) is 4.57. The van der Waals surface area contributed by atoms with Crippen LogP contribution in [0.1, 0.15) is 33.6 Å². The Balaban J connectivity index is 1.77. The highest BCUT2D eigenvalue weighted by molar-refractivity contribution is 5.81. The minimum Gasteiger partial charge on any atom is -0.378 e. The molecule has 1 amide bonds. The molecule has 1 aliphatic carbocycles. The van der Waals surface area contributed by atoms with Crippen LogP contribution in [0.15, 0.2) is 0 Å². The Bertz CT molecular complexity index is 294. The summed E-state index contributed by atoms with van der Waals surface area (Å²) < 4.78 is 5.27. The van der Waals surface area contributed by atoms with Crippen LogP contribution in [0, 0.1) is 11.3 Å². The molecule has 1 saturated heterocycles. The zero-order valence-corrected chi connectivity index (χ0v) is 11.9. The van der Waals surface area contributed by atoms with Gasteiger partial charge in [0.15, 0.2) is 0 Å². The van der Waals surface area contributed by atoms with Crippen LogP contribution in [0.3, 0.4) is 0 Å². The Hall–Kier alpha value is -0.610. The fourth-order valence-corrected chi connectivity index (χ4v) is 2.62. The van der Waals surface area contributed by atoms with E-state index in [1.807, 2.05) is 11.8 Å². The van der Waals surface area contributed by atoms with Crippen molar-refractivity contribution >= 4 is 5.91 Å². The van der Waals surface area contributed by atoms with Gasteiger partial charge in [-0.2, -0.15) is 0 Å². The molecular weight excluding hydrogens is 228 g/mol. The number of ether oxygens (including phenoxy) is 1. The average Bonchev–Trinajstić information content (AvgIpc) is 3.17. The van der Waals surface area contributed by atoms with E-state index in [1.54, 1.807) is 0 Å². The molecule has 1 saturated carbocycles. The first-order valence-electron chi connectivity index (χ1n) is 7.15. The molecule has 4 heteroatoms. The second kappa shape index (κ2) is 5.57. The number of rotatable bonds is 5. The summed E-state index contributed by atoms with van der Waals surface area (Å²) in [5.74, 6) is 0.925. The molecule has 0 radical (unpaired) electrons. The molecule has 0 spiro atoms. The van der Waals surface area contributed by atoms with Crippen molar-refractivity contribution in [2.75, 3.05) is 32.8 Å². The van der Waals surface area contributed by atoms with Gasteiger partial charge in [0.25, 0.3) is 0 Å². The molecule has 2 aliphatic rings. The Morgan fingerprint density at radius 3 is 2.39 bits per heavy atom. The molecule has 1 atom stereocenters. The Morgan fingerprint density at radius 1 is 1.28 bits per heavy atom. The van der Waals surface area contributed by atoms with Crippen LogP contribution in [0.5, 0.6) is 0 Å². The van der Waals surface area contributed by atoms with E-state index in [0.29, 0.717) is 24.5 Å². The molecule has 2 fully saturated rings. The molecular formula is C14H26N2O2. The molecule has 0 aromatic heterocycles. The Labute approximate surface area is 110 Å². The lowest BCUT2D eigenvalue weighted by Gasteiger charge is -2.30. The number of nitrogens with one attached hydrogen (secondary N) is 1. The summed E-state index contributed by atoms with van der Waals surface area (Å²) in [7, 11) is 0. The summed E-state index contributed by atoms with van der Waals surface area (Å²) >= 11 is 0. The lowest BCUT2D eigenvalue weighted by Crippen LogP contribution is -2.50. The normalized spacial score (nSPS) is 24.1. The molecule has 4 nitrogen and oxygen atoms in total. The van der Waals surface area contributed by atoms with Crippen molar-refractivity contribution in [2.45, 2.75) is 39.7 Å². The maximum absolute atomic E-state index is 12.2. The Morgan fingerprint density at radius 2 is 1.89 bits per heavy atom. The van der Waals surface area contributed by atoms with Gasteiger partial charge in [0, 0.05) is 19.6 Å². The standard InChI is InChI=1S/C14H26N2O2/c1-11(2)14(4-5-14)10-15-12(3)13(17)16-6-8-18-9-7-16/h11-12,15H,4-10H2,1-3H3. The van der Waals surface area contributed by atoms with Crippen molar-refractivity contribution in [3.63, 3.8) is 0 Å². The predicted octanol–water partition coefficient (Wildman–Crippen LogP) is 1.26. The summed E-state index contributed by atoms with van der Waals surface area (Å²) in [6.45, 7) is 10.3. The topological polar surface area (TPSA) is 41.6 Å². The van der Waals surface area contributed by atoms with Crippen molar-refractivity contribution < 1.29 is 9.53 Å². The van der Waals surface area contributed by atoms with E-state index >= 15 is 0 Å². The van der Waals surface area contributed by atoms with E-state index in [1.165, 1.54) is 12.8 Å². The summed E-state index contributed by atoms with van der Waals surface area (Å²) in [6.07, 6.45) is 2.60. The zero-order valence-electron chi connectivity index (χ0n) is 11.9. The first kappa shape index (κ1) is 13.8. The first-order chi connectivity index (χ1) is 8.55. The van der Waals surface area contributed by atoms with Crippen LogP contribution in [0.25, 0.3) is 0 Å². The predicted molar refractivity (Wildman–Crippen MR) is 71.4 cm³/mol. The van der Waals surface area contributed by atoms with Gasteiger partial charge in [0.1, 0.15) is 0 Å². The number of morpholine rings is 1. The van der Waals surface area contributed by atoms with Crippen LogP contribution in [0.4, 0.5) is 0 Å². The quantitative estimate of drug-likeness (QED) is 0.803. The third-order valence-electron chi connectivity index (χ3n) is 4.57. The molecule has 0 bridgehead atoms. The monoisotopic (exact) mass is 254 g/mol. The number of carbonyl (C=O) groups excluding carboxylic acids is 1. The van der Waals surface area contributed by atoms with Gasteiger partial charge >= 0.3 is 0 Å². The first-order valence-corrected chi connectivity index (χ1v) is 7.15. The van der Waals surface area contributed by atoms with Gasteiger partial charge in [0.2, 0.25) is 5.91 Å². The third kappa shape index (κ3) is 3.04. The molecule has 0 aromatic rings. The van der Waals surface area contributed by atoms with Gasteiger partial charge < -0.3 is 15.0 Å². The average molecular weight is 254 g/mol. The van der Waals surface area contributed by atoms with E-state index in [-0.39, 0.29) is 11.9 Å². The van der Waals surface area contributed by atoms with Crippen LogP contribution in [0.2, 0.25) is 0 Å². The van der Waals surface area contributed by atoms with Gasteiger partial charge in [-0.25, -0.2) is 0 Å². The van der Waals surface area contributed by atoms with Gasteiger partial charge in [-0.05, 0) is 31.1 Å². The number of nitrogens with zero attached hydrogens (tertiary/aromatic N) is 1. The molecule has 1 N–H and O–H groups in total. The number of hydrogen-bond acceptors (Lipinski definition) is 3. The minimum absolute atomic E-state index is 0.0701. The van der Waals surface area contributed by atoms with Crippen molar-refractivity contribution in [2.24, 2.45) is 11.3 Å². The van der Waals surface area contributed by atoms with Crippen LogP contribution in [-0.2, 0) is 9.53 Å². The largest absolute Gasteiger partial charge is 0.378 e. The van der Waals surface area contributed by atoms with E-state index < -0.39 is 0 Å². The molecule has 2 rings (SSSR count). The fraction of sp³-hybridized carbons (Fsp3) is 0.929. The van der Waals surface area contributed by atoms with Crippen molar-refractivity contribution in [1.82, 2.24) is 10.2 Å². The molecule has 1 heterocycles. The zero-order chi connectivity index (χ0) is 13.2. The second-order valence-corrected chi connectivity index (χ2v) is 6.06. The molecule has 104 valence electrons. The smallest absolute Gasteiger partial charge is 0.239 e. The fourth-order valence-electron chi connectivity index (χ4n) is 2.62. The summed E-state index contributed by atoms with van der Waals surface area (Å²) in [5.41, 5.74) is 0.458. The summed E-state index contributed by atoms with van der Waals surface area (Å²) in [4.78, 5) is 14.1. The maximum Gasteiger partial charge on any atom is 0.239 e. The maximum atomic E-state index is 12.2. The van der Waals surface area contributed by atoms with Crippen LogP contribution < -0.4 is 5.32 Å². The minimum atomic E-state index is -0.0701. The number of carbonyl (C=O) groups is 1. The SMILES string of the molecule is CC(NCC1(C(C)C)CC1)C(=O)N1CCOCC1. The highest BCUT2D eigenvalue weighted by Crippen LogP contribution is 2.51. The van der Waals surface area contributed by atoms with E-state index in [0.717, 1.165) is 19.6 Å². The summed E-state index contributed by atoms with van der Waals surface area (Å²) in [5, 5.41) is 3.43. The van der Waals surface area contributed by atoms with Gasteiger partial charge in [-0.15, -0.1) is 0 Å². The second-order valence-electron chi connectivity index (χ2n) is 6.06. The van der Waals surface area contributed by atoms with Gasteiger partial charge in [0.05, 0.1) is 19.3 Å². The highest BCUT2D eigenvalue weighted by atomic mass is 16.5. The van der Waals surface area contributed by atoms with Crippen molar-refractivity contribution in [3.05, 3.63) is 0 Å². The van der Waals surface area contributed by atoms with Crippen molar-refractivity contribution in [1.29, 1.82) is 0 Å². The molecule has 1 aliphatic heterocycles. The van der Waals surface area contributed by atoms with Crippen molar-refractivity contribution in [3.8, 4) is 0 Å². The number of hydrogen-bond donors (Lipinski definition) is 1. The highest BCUT2D eigenvalue weighted by Gasteiger charge is 2.45. The molecule has 18 heavy (non-hydrogen) atoms. The Kier molecular flexibility index (Phi) is 4.28. The number of amides is 1. The molecule has 1 unspecified atom stereocenters. The molecule has 0 aromatic carbocycles. The summed E-state index contributed by atoms with van der Waals surface area (Å²) in [6, 6.07) is -0.0701. The lowest BCUT2D eigenvalue weighted by molar-refractivity contribution is -0.137. The van der Waals surface area contributed by atoms with Crippen LogP contribution in [-0.4, -0.2) is 49.7 Å². The lowest BCUT2D eigenvalue weighted by atomic mass is 9.92. The van der Waals surface area contributed by atoms with Gasteiger partial charge in [-0.1, -0.05) is 13.8 Å². The van der Waals surface area contributed by atoms with Crippen LogP contribution >= 0.6 is 0 Å².